The van der Waals surface area contributed by atoms with Crippen molar-refractivity contribution in [2.24, 2.45) is 5.73 Å². The summed E-state index contributed by atoms with van der Waals surface area (Å²) >= 11 is 2.15. The number of rotatable bonds is 3. The van der Waals surface area contributed by atoms with Gasteiger partial charge < -0.3 is 10.6 Å². The third-order valence-corrected chi connectivity index (χ3v) is 4.43. The van der Waals surface area contributed by atoms with Crippen LogP contribution < -0.4 is 5.73 Å². The van der Waals surface area contributed by atoms with Gasteiger partial charge >= 0.3 is 0 Å². The van der Waals surface area contributed by atoms with Crippen LogP contribution in [-0.4, -0.2) is 27.4 Å². The molecule has 0 saturated carbocycles. The van der Waals surface area contributed by atoms with Gasteiger partial charge in [0.25, 0.3) is 5.92 Å². The third kappa shape index (κ3) is 2.76. The zero-order valence-corrected chi connectivity index (χ0v) is 14.7. The van der Waals surface area contributed by atoms with Gasteiger partial charge in [0.1, 0.15) is 5.70 Å². The van der Waals surface area contributed by atoms with Crippen LogP contribution in [-0.2, 0) is 23.8 Å². The molecule has 23 heavy (non-hydrogen) atoms. The number of fused-ring (bicyclic) bond motifs is 1. The molecule has 3 rings (SSSR count). The van der Waals surface area contributed by atoms with Gasteiger partial charge in [0.05, 0.1) is 12.2 Å². The van der Waals surface area contributed by atoms with E-state index in [1.54, 1.807) is 12.1 Å². The number of hydrogen-bond acceptors (Lipinski definition) is 4. The molecule has 1 aromatic carbocycles. The van der Waals surface area contributed by atoms with E-state index in [-0.39, 0.29) is 22.6 Å². The minimum Gasteiger partial charge on any atom is -0.394 e. The first-order valence-corrected chi connectivity index (χ1v) is 8.03. The fourth-order valence-corrected chi connectivity index (χ4v) is 3.46. The molecule has 1 aliphatic carbocycles. The Morgan fingerprint density at radius 1 is 1.48 bits per heavy atom. The number of hydrogen-bond donors (Lipinski definition) is 1. The van der Waals surface area contributed by atoms with E-state index >= 15 is 0 Å². The highest BCUT2D eigenvalue weighted by Crippen LogP contribution is 2.41. The summed E-state index contributed by atoms with van der Waals surface area (Å²) in [6.07, 6.45) is 0. The lowest BCUT2D eigenvalue weighted by atomic mass is 9.88. The van der Waals surface area contributed by atoms with Gasteiger partial charge in [0.2, 0.25) is 5.78 Å². The number of halogens is 3. The Morgan fingerprint density at radius 3 is 2.78 bits per heavy atom. The van der Waals surface area contributed by atoms with Crippen LogP contribution in [0, 0.1) is 0 Å². The number of nitrogens with two attached hydrogens (primary N) is 1. The van der Waals surface area contributed by atoms with Crippen LogP contribution in [0.5, 0.6) is 0 Å². The lowest BCUT2D eigenvalue weighted by molar-refractivity contribution is -0.114. The van der Waals surface area contributed by atoms with Crippen molar-refractivity contribution in [3.8, 4) is 0 Å². The number of benzene rings is 1. The first kappa shape index (κ1) is 16.4. The van der Waals surface area contributed by atoms with E-state index in [4.69, 9.17) is 5.73 Å². The van der Waals surface area contributed by atoms with Crippen LogP contribution in [0.3, 0.4) is 0 Å². The van der Waals surface area contributed by atoms with Gasteiger partial charge in [-0.15, -0.1) is 0 Å². The second kappa shape index (κ2) is 5.55. The Kier molecular flexibility index (Phi) is 3.96. The van der Waals surface area contributed by atoms with Gasteiger partial charge in [-0.1, -0.05) is 24.8 Å². The molecule has 7 heteroatoms. The van der Waals surface area contributed by atoms with Crippen molar-refractivity contribution in [1.29, 1.82) is 0 Å². The Hall–Kier alpha value is -1.48. The molecule has 0 radical (unpaired) electrons. The van der Waals surface area contributed by atoms with Crippen LogP contribution in [0.25, 0.3) is 0 Å². The molecule has 0 aromatic heterocycles. The molecular weight excluding hydrogens is 415 g/mol. The quantitative estimate of drug-likeness (QED) is 0.455. The van der Waals surface area contributed by atoms with E-state index in [0.29, 0.717) is 24.4 Å². The average molecular weight is 431 g/mol. The summed E-state index contributed by atoms with van der Waals surface area (Å²) in [5.74, 6) is -3.34. The monoisotopic (exact) mass is 431 g/mol. The normalized spacial score (nSPS) is 20.0. The molecule has 1 aromatic rings. The minimum absolute atomic E-state index is 0.0254. The van der Waals surface area contributed by atoms with E-state index < -0.39 is 12.5 Å². The fraction of sp³-hybridized carbons (Fsp3) is 0.312. The van der Waals surface area contributed by atoms with E-state index in [1.165, 1.54) is 11.0 Å². The summed E-state index contributed by atoms with van der Waals surface area (Å²) < 4.78 is 30.9. The molecule has 2 N–H and O–H groups in total. The maximum absolute atomic E-state index is 14.5. The molecule has 0 saturated heterocycles. The van der Waals surface area contributed by atoms with Crippen molar-refractivity contribution in [3.63, 3.8) is 0 Å². The van der Waals surface area contributed by atoms with E-state index in [1.807, 2.05) is 10.2 Å². The summed E-state index contributed by atoms with van der Waals surface area (Å²) in [5, 5.41) is 0. The zero-order valence-electron chi connectivity index (χ0n) is 12.6. The molecule has 0 spiro atoms. The summed E-state index contributed by atoms with van der Waals surface area (Å²) in [7, 11) is 1.91. The van der Waals surface area contributed by atoms with E-state index in [2.05, 4.69) is 29.4 Å². The molecule has 1 aliphatic heterocycles. The third-order valence-electron chi connectivity index (χ3n) is 4.09. The predicted octanol–water partition coefficient (Wildman–Crippen LogP) is 2.69. The average Bonchev–Trinajstić information content (AvgIpc) is 2.45. The van der Waals surface area contributed by atoms with Crippen molar-refractivity contribution in [3.05, 3.63) is 58.4 Å². The lowest BCUT2D eigenvalue weighted by Crippen LogP contribution is -2.45. The molecule has 0 atom stereocenters. The molecule has 2 aliphatic rings. The van der Waals surface area contributed by atoms with Crippen LogP contribution in [0.4, 0.5) is 8.78 Å². The Labute approximate surface area is 147 Å². The molecule has 0 unspecified atom stereocenters. The minimum atomic E-state index is -2.99. The Morgan fingerprint density at radius 2 is 2.17 bits per heavy atom. The van der Waals surface area contributed by atoms with Crippen molar-refractivity contribution in [2.75, 3.05) is 13.6 Å². The zero-order chi connectivity index (χ0) is 16.9. The van der Waals surface area contributed by atoms with E-state index in [0.717, 1.165) is 5.56 Å². The second-order valence-electron chi connectivity index (χ2n) is 5.88. The van der Waals surface area contributed by atoms with Gasteiger partial charge in [-0.3, -0.25) is 4.79 Å². The van der Waals surface area contributed by atoms with E-state index in [9.17, 15) is 13.6 Å². The van der Waals surface area contributed by atoms with Crippen molar-refractivity contribution in [2.45, 2.75) is 19.0 Å². The van der Waals surface area contributed by atoms with Gasteiger partial charge in [-0.05, 0) is 18.2 Å². The number of carbonyl (C=O) groups is 1. The number of Topliss-reactive ketones (excluding diaryl/α,β-unsaturated/α-hetero) is 1. The van der Waals surface area contributed by atoms with Crippen LogP contribution in [0.15, 0.2) is 41.7 Å². The molecule has 4 nitrogen and oxygen atoms in total. The summed E-state index contributed by atoms with van der Waals surface area (Å²) in [5.41, 5.74) is 7.83. The number of carbonyl (C=O) groups excluding carboxylic acids is 1. The van der Waals surface area contributed by atoms with Gasteiger partial charge in [-0.25, -0.2) is 3.11 Å². The van der Waals surface area contributed by atoms with Crippen molar-refractivity contribution < 1.29 is 13.6 Å². The summed E-state index contributed by atoms with van der Waals surface area (Å²) in [4.78, 5) is 13.0. The first-order valence-electron chi connectivity index (χ1n) is 7.06. The highest BCUT2D eigenvalue weighted by Gasteiger charge is 2.44. The number of alkyl halides is 2. The molecule has 0 fully saturated rings. The SMILES string of the molecule is C=C1C(=O)C(N)=C1N1Cc2cc(CN(C)I)ccc2C(F)(F)C1. The van der Waals surface area contributed by atoms with Crippen LogP contribution >= 0.6 is 22.9 Å². The van der Waals surface area contributed by atoms with Gasteiger partial charge in [-0.2, -0.15) is 8.78 Å². The molecule has 1 heterocycles. The topological polar surface area (TPSA) is 49.6 Å². The highest BCUT2D eigenvalue weighted by molar-refractivity contribution is 14.1. The van der Waals surface area contributed by atoms with Gasteiger partial charge in [0, 0.05) is 47.1 Å². The number of allylic oxidation sites excluding steroid dienone is 2. The first-order chi connectivity index (χ1) is 10.7. The van der Waals surface area contributed by atoms with Gasteiger partial charge in [0.15, 0.2) is 0 Å². The summed E-state index contributed by atoms with van der Waals surface area (Å²) in [6, 6.07) is 5.03. The Balaban J connectivity index is 1.98. The molecular formula is C16H16F2IN3O. The van der Waals surface area contributed by atoms with Crippen LogP contribution in [0.1, 0.15) is 16.7 Å². The summed E-state index contributed by atoms with van der Waals surface area (Å²) in [6.45, 7) is 4.10. The number of nitrogens with zero attached hydrogens (tertiary/aromatic N) is 2. The Bertz CT molecular complexity index is 743. The smallest absolute Gasteiger partial charge is 0.290 e. The standard InChI is InChI=1S/C16H16F2IN3O/c1-9-14(13(20)15(9)23)22-7-11-5-10(6-21(2)19)3-4-12(11)16(17,18)8-22/h3-5H,1,6-8,20H2,2H3. The molecule has 0 bridgehead atoms. The van der Waals surface area contributed by atoms with Crippen molar-refractivity contribution in [1.82, 2.24) is 8.01 Å². The highest BCUT2D eigenvalue weighted by atomic mass is 127. The molecule has 0 amide bonds. The fourth-order valence-electron chi connectivity index (χ4n) is 3.07. The number of ketones is 1. The molecule has 122 valence electrons. The predicted molar refractivity (Wildman–Crippen MR) is 91.6 cm³/mol. The maximum Gasteiger partial charge on any atom is 0.290 e. The second-order valence-corrected chi connectivity index (χ2v) is 7.53. The maximum atomic E-state index is 14.5. The largest absolute Gasteiger partial charge is 0.394 e. The van der Waals surface area contributed by atoms with Crippen molar-refractivity contribution >= 4 is 28.6 Å². The van der Waals surface area contributed by atoms with Crippen LogP contribution in [0.2, 0.25) is 0 Å². The lowest BCUT2D eigenvalue weighted by Gasteiger charge is -2.40.